The lowest BCUT2D eigenvalue weighted by atomic mass is 9.94. The fourth-order valence-corrected chi connectivity index (χ4v) is 5.14. The van der Waals surface area contributed by atoms with E-state index in [1.807, 2.05) is 0 Å². The standard InChI is InChI=1S/C29H22O/c1-18-26(20-10-4-3-5-11-20)19(2)30-29-27(18)24-14-8-9-15-25(24)28(29)23-16-21-12-6-7-13-22(21)17-23/h3-16H,17H2,1-2H3. The zero-order valence-corrected chi connectivity index (χ0v) is 17.2. The fourth-order valence-electron chi connectivity index (χ4n) is 5.14. The van der Waals surface area contributed by atoms with Crippen LogP contribution in [0.15, 0.2) is 83.3 Å². The van der Waals surface area contributed by atoms with Gasteiger partial charge in [0.25, 0.3) is 0 Å². The minimum atomic E-state index is 0.952. The summed E-state index contributed by atoms with van der Waals surface area (Å²) in [5.74, 6) is 1.99. The van der Waals surface area contributed by atoms with E-state index in [2.05, 4.69) is 98.8 Å². The molecule has 1 heterocycles. The average Bonchev–Trinajstić information content (AvgIpc) is 3.33. The molecule has 0 unspecified atom stereocenters. The first-order valence-electron chi connectivity index (χ1n) is 10.5. The summed E-state index contributed by atoms with van der Waals surface area (Å²) >= 11 is 0. The van der Waals surface area contributed by atoms with E-state index in [-0.39, 0.29) is 0 Å². The second-order valence-electron chi connectivity index (χ2n) is 8.19. The third-order valence-electron chi connectivity index (χ3n) is 6.43. The molecule has 0 aromatic heterocycles. The zero-order valence-electron chi connectivity index (χ0n) is 17.2. The van der Waals surface area contributed by atoms with Gasteiger partial charge < -0.3 is 4.42 Å². The maximum absolute atomic E-state index is 6.61. The third-order valence-corrected chi connectivity index (χ3v) is 6.43. The van der Waals surface area contributed by atoms with Crippen molar-refractivity contribution >= 4 is 22.4 Å². The Bertz CT molecular complexity index is 1420. The lowest BCUT2D eigenvalue weighted by molar-refractivity contribution is 0.532. The number of aryl methyl sites for hydroxylation is 1. The molecule has 1 heteroatoms. The van der Waals surface area contributed by atoms with E-state index in [9.17, 15) is 0 Å². The van der Waals surface area contributed by atoms with E-state index in [0.717, 1.165) is 17.9 Å². The fraction of sp³-hybridized carbons (Fsp3) is 0.103. The van der Waals surface area contributed by atoms with Crippen LogP contribution in [0.3, 0.4) is 0 Å². The van der Waals surface area contributed by atoms with Gasteiger partial charge in [0.2, 0.25) is 0 Å². The molecule has 0 amide bonds. The first kappa shape index (κ1) is 17.3. The molecule has 0 saturated carbocycles. The van der Waals surface area contributed by atoms with Crippen LogP contribution in [0.5, 0.6) is 0 Å². The van der Waals surface area contributed by atoms with Crippen LogP contribution in [0.4, 0.5) is 0 Å². The summed E-state index contributed by atoms with van der Waals surface area (Å²) in [5, 5.41) is 2.56. The average molecular weight is 386 g/mol. The van der Waals surface area contributed by atoms with Crippen LogP contribution in [0, 0.1) is 13.8 Å². The highest BCUT2D eigenvalue weighted by Gasteiger charge is 2.28. The summed E-state index contributed by atoms with van der Waals surface area (Å²) in [7, 11) is 0. The van der Waals surface area contributed by atoms with Crippen molar-refractivity contribution in [1.82, 2.24) is 0 Å². The van der Waals surface area contributed by atoms with Crippen LogP contribution < -0.4 is 0 Å². The molecule has 30 heavy (non-hydrogen) atoms. The molecule has 0 N–H and O–H groups in total. The van der Waals surface area contributed by atoms with Crippen molar-refractivity contribution in [1.29, 1.82) is 0 Å². The predicted molar refractivity (Wildman–Crippen MR) is 126 cm³/mol. The molecule has 3 aliphatic rings. The molecule has 144 valence electrons. The first-order valence-corrected chi connectivity index (χ1v) is 10.5. The van der Waals surface area contributed by atoms with Crippen molar-refractivity contribution in [3.63, 3.8) is 0 Å². The minimum Gasteiger partial charge on any atom is -0.460 e. The summed E-state index contributed by atoms with van der Waals surface area (Å²) in [6, 6.07) is 28.0. The number of hydrogen-bond acceptors (Lipinski definition) is 1. The van der Waals surface area contributed by atoms with Gasteiger partial charge in [-0.1, -0.05) is 84.9 Å². The van der Waals surface area contributed by atoms with Crippen molar-refractivity contribution in [2.45, 2.75) is 20.3 Å². The van der Waals surface area contributed by atoms with E-state index >= 15 is 0 Å². The number of fused-ring (bicyclic) bond motifs is 4. The van der Waals surface area contributed by atoms with Crippen LogP contribution in [-0.2, 0) is 6.42 Å². The van der Waals surface area contributed by atoms with Crippen LogP contribution in [0.2, 0.25) is 0 Å². The Labute approximate surface area is 176 Å². The Morgan fingerprint density at radius 2 is 1.33 bits per heavy atom. The maximum atomic E-state index is 6.61. The summed E-state index contributed by atoms with van der Waals surface area (Å²) < 4.78 is 6.61. The molecule has 0 atom stereocenters. The van der Waals surface area contributed by atoms with Crippen molar-refractivity contribution in [3.8, 4) is 22.5 Å². The molecule has 0 bridgehead atoms. The Hall–Kier alpha value is -3.58. The van der Waals surface area contributed by atoms with Gasteiger partial charge in [0.05, 0.1) is 0 Å². The van der Waals surface area contributed by atoms with Gasteiger partial charge >= 0.3 is 0 Å². The second kappa shape index (κ2) is 6.47. The Morgan fingerprint density at radius 1 is 0.667 bits per heavy atom. The van der Waals surface area contributed by atoms with Crippen molar-refractivity contribution in [2.75, 3.05) is 0 Å². The molecule has 6 rings (SSSR count). The molecule has 0 saturated heterocycles. The second-order valence-corrected chi connectivity index (χ2v) is 8.19. The summed E-state index contributed by atoms with van der Waals surface area (Å²) in [5.41, 5.74) is 10.2. The normalized spacial score (nSPS) is 13.1. The summed E-state index contributed by atoms with van der Waals surface area (Å²) in [6.07, 6.45) is 3.29. The van der Waals surface area contributed by atoms with E-state index in [1.54, 1.807) is 0 Å². The molecule has 2 aliphatic carbocycles. The van der Waals surface area contributed by atoms with Gasteiger partial charge in [0.15, 0.2) is 0 Å². The first-order chi connectivity index (χ1) is 14.7. The topological polar surface area (TPSA) is 13.1 Å². The molecule has 3 aromatic carbocycles. The van der Waals surface area contributed by atoms with Gasteiger partial charge in [0, 0.05) is 16.7 Å². The van der Waals surface area contributed by atoms with Gasteiger partial charge in [-0.25, -0.2) is 0 Å². The molecule has 0 spiro atoms. The Morgan fingerprint density at radius 3 is 2.10 bits per heavy atom. The quantitative estimate of drug-likeness (QED) is 0.300. The summed E-state index contributed by atoms with van der Waals surface area (Å²) in [4.78, 5) is 0. The minimum absolute atomic E-state index is 0.952. The van der Waals surface area contributed by atoms with Gasteiger partial charge in [-0.15, -0.1) is 0 Å². The van der Waals surface area contributed by atoms with E-state index in [0.29, 0.717) is 0 Å². The largest absolute Gasteiger partial charge is 0.460 e. The molecule has 1 nitrogen and oxygen atoms in total. The number of allylic oxidation sites excluding steroid dienone is 1. The van der Waals surface area contributed by atoms with Gasteiger partial charge in [-0.2, -0.15) is 0 Å². The Kier molecular flexibility index (Phi) is 3.73. The van der Waals surface area contributed by atoms with E-state index in [1.165, 1.54) is 55.3 Å². The van der Waals surface area contributed by atoms with Gasteiger partial charge in [-0.05, 0) is 58.9 Å². The maximum Gasteiger partial charge on any atom is 0.143 e. The van der Waals surface area contributed by atoms with Gasteiger partial charge in [-0.3, -0.25) is 0 Å². The zero-order chi connectivity index (χ0) is 20.2. The van der Waals surface area contributed by atoms with E-state index < -0.39 is 0 Å². The SMILES string of the molecule is Cc1oc2c(C3=Cc4ccccc4C3)c3ccccc3c-2c(C)c1-c1ccccc1. The predicted octanol–water partition coefficient (Wildman–Crippen LogP) is 7.92. The molecule has 0 radical (unpaired) electrons. The monoisotopic (exact) mass is 386 g/mol. The number of rotatable bonds is 2. The van der Waals surface area contributed by atoms with Crippen molar-refractivity contribution in [3.05, 3.63) is 107 Å². The highest BCUT2D eigenvalue weighted by molar-refractivity contribution is 6.14. The van der Waals surface area contributed by atoms with Crippen LogP contribution in [0.25, 0.3) is 44.9 Å². The highest BCUT2D eigenvalue weighted by atomic mass is 16.3. The molecular weight excluding hydrogens is 364 g/mol. The molecule has 1 aliphatic heterocycles. The summed E-state index contributed by atoms with van der Waals surface area (Å²) in [6.45, 7) is 4.33. The van der Waals surface area contributed by atoms with Crippen LogP contribution in [0.1, 0.15) is 28.0 Å². The molecule has 0 fully saturated rings. The lowest BCUT2D eigenvalue weighted by Gasteiger charge is -2.16. The number of hydrogen-bond donors (Lipinski definition) is 0. The van der Waals surface area contributed by atoms with E-state index in [4.69, 9.17) is 4.42 Å². The lowest BCUT2D eigenvalue weighted by Crippen LogP contribution is -1.94. The van der Waals surface area contributed by atoms with Gasteiger partial charge in [0.1, 0.15) is 11.5 Å². The smallest absolute Gasteiger partial charge is 0.143 e. The highest BCUT2D eigenvalue weighted by Crippen LogP contribution is 2.49. The third kappa shape index (κ3) is 2.42. The van der Waals surface area contributed by atoms with Crippen molar-refractivity contribution in [2.24, 2.45) is 0 Å². The van der Waals surface area contributed by atoms with Crippen LogP contribution >= 0.6 is 0 Å². The Balaban J connectivity index is 1.67. The molecular formula is C29H22O. The molecule has 3 aromatic rings. The number of benzene rings is 3. The van der Waals surface area contributed by atoms with Crippen molar-refractivity contribution < 1.29 is 4.42 Å². The van der Waals surface area contributed by atoms with Crippen LogP contribution in [-0.4, -0.2) is 0 Å².